The molecule has 0 unspecified atom stereocenters. The van der Waals surface area contributed by atoms with E-state index in [9.17, 15) is 0 Å². The zero-order chi connectivity index (χ0) is 17.3. The normalized spacial score (nSPS) is 16.5. The highest BCUT2D eigenvalue weighted by molar-refractivity contribution is 7.08. The van der Waals surface area contributed by atoms with Crippen molar-refractivity contribution in [3.05, 3.63) is 52.9 Å². The van der Waals surface area contributed by atoms with Crippen molar-refractivity contribution in [1.29, 1.82) is 0 Å². The average Bonchev–Trinajstić information content (AvgIpc) is 3.43. The molecule has 4 aromatic rings. The molecule has 4 aromatic heterocycles. The van der Waals surface area contributed by atoms with E-state index in [1.54, 1.807) is 11.3 Å². The number of rotatable bonds is 4. The van der Waals surface area contributed by atoms with Crippen LogP contribution in [0.3, 0.4) is 0 Å². The summed E-state index contributed by atoms with van der Waals surface area (Å²) in [5.74, 6) is 2.86. The zero-order valence-corrected chi connectivity index (χ0v) is 15.0. The van der Waals surface area contributed by atoms with Gasteiger partial charge in [-0.3, -0.25) is 9.30 Å². The van der Waals surface area contributed by atoms with Crippen molar-refractivity contribution in [1.82, 2.24) is 29.6 Å². The van der Waals surface area contributed by atoms with Gasteiger partial charge in [0.2, 0.25) is 11.7 Å². The Bertz CT molecular complexity index is 1000. The smallest absolute Gasteiger partial charge is 0.241 e. The molecule has 1 saturated heterocycles. The number of likely N-dealkylation sites (tertiary alicyclic amines) is 1. The molecule has 7 nitrogen and oxygen atoms in total. The van der Waals surface area contributed by atoms with Gasteiger partial charge in [-0.15, -0.1) is 10.2 Å². The molecule has 1 aliphatic rings. The minimum absolute atomic E-state index is 0.438. The largest absolute Gasteiger partial charge is 0.338 e. The lowest BCUT2D eigenvalue weighted by Gasteiger charge is -2.29. The molecule has 1 fully saturated rings. The summed E-state index contributed by atoms with van der Waals surface area (Å²) in [4.78, 5) is 6.88. The molecule has 0 atom stereocenters. The lowest BCUT2D eigenvalue weighted by atomic mass is 9.96. The third kappa shape index (κ3) is 2.91. The van der Waals surface area contributed by atoms with Crippen LogP contribution in [0.15, 0.2) is 45.7 Å². The molecule has 8 heteroatoms. The highest BCUT2D eigenvalue weighted by Gasteiger charge is 2.25. The number of hydrogen-bond donors (Lipinski definition) is 0. The first-order chi connectivity index (χ1) is 12.9. The van der Waals surface area contributed by atoms with Crippen LogP contribution in [-0.4, -0.2) is 42.7 Å². The maximum Gasteiger partial charge on any atom is 0.241 e. The summed E-state index contributed by atoms with van der Waals surface area (Å²) in [6.07, 6.45) is 4.16. The summed E-state index contributed by atoms with van der Waals surface area (Å²) < 4.78 is 7.53. The summed E-state index contributed by atoms with van der Waals surface area (Å²) in [7, 11) is 0. The number of hydrogen-bond acceptors (Lipinski definition) is 7. The van der Waals surface area contributed by atoms with E-state index in [1.165, 1.54) is 0 Å². The molecule has 1 aliphatic heterocycles. The summed E-state index contributed by atoms with van der Waals surface area (Å²) in [5.41, 5.74) is 1.93. The monoisotopic (exact) mass is 366 g/mol. The van der Waals surface area contributed by atoms with Gasteiger partial charge in [0.15, 0.2) is 5.65 Å². The van der Waals surface area contributed by atoms with Gasteiger partial charge in [-0.05, 0) is 49.5 Å². The Morgan fingerprint density at radius 2 is 2.08 bits per heavy atom. The Hall–Kier alpha value is -2.58. The fraction of sp³-hybridized carbons (Fsp3) is 0.333. The van der Waals surface area contributed by atoms with Gasteiger partial charge < -0.3 is 4.52 Å². The van der Waals surface area contributed by atoms with E-state index in [1.807, 2.05) is 41.2 Å². The SMILES string of the molecule is c1ccn2c(C3CCN(Cc4nc(-c5ccsc5)no4)CC3)nnc2c1. The first kappa shape index (κ1) is 15.7. The van der Waals surface area contributed by atoms with E-state index in [-0.39, 0.29) is 0 Å². The van der Waals surface area contributed by atoms with Gasteiger partial charge >= 0.3 is 0 Å². The third-order valence-corrected chi connectivity index (χ3v) is 5.58. The lowest BCUT2D eigenvalue weighted by Crippen LogP contribution is -2.33. The lowest BCUT2D eigenvalue weighted by molar-refractivity contribution is 0.178. The van der Waals surface area contributed by atoms with Crippen LogP contribution in [0, 0.1) is 0 Å². The molecule has 132 valence electrons. The third-order valence-electron chi connectivity index (χ3n) is 4.90. The Morgan fingerprint density at radius 1 is 1.15 bits per heavy atom. The molecule has 0 aromatic carbocycles. The zero-order valence-electron chi connectivity index (χ0n) is 14.2. The fourth-order valence-electron chi connectivity index (χ4n) is 3.51. The standard InChI is InChI=1S/C18H18N6OS/c1-2-7-24-15(3-1)20-21-18(24)13-4-8-23(9-5-13)11-16-19-17(22-25-16)14-6-10-26-12-14/h1-3,6-7,10,12-13H,4-5,8-9,11H2. The molecule has 0 spiro atoms. The van der Waals surface area contributed by atoms with Crippen LogP contribution in [-0.2, 0) is 6.54 Å². The van der Waals surface area contributed by atoms with Crippen molar-refractivity contribution in [2.45, 2.75) is 25.3 Å². The van der Waals surface area contributed by atoms with Gasteiger partial charge in [-0.1, -0.05) is 11.2 Å². The number of pyridine rings is 1. The molecule has 0 aliphatic carbocycles. The predicted molar refractivity (Wildman–Crippen MR) is 97.9 cm³/mol. The van der Waals surface area contributed by atoms with Crippen LogP contribution in [0.4, 0.5) is 0 Å². The van der Waals surface area contributed by atoms with Crippen LogP contribution in [0.1, 0.15) is 30.5 Å². The van der Waals surface area contributed by atoms with Crippen molar-refractivity contribution < 1.29 is 4.52 Å². The van der Waals surface area contributed by atoms with E-state index in [0.29, 0.717) is 24.2 Å². The number of piperidine rings is 1. The van der Waals surface area contributed by atoms with E-state index in [0.717, 1.165) is 43.0 Å². The van der Waals surface area contributed by atoms with E-state index >= 15 is 0 Å². The summed E-state index contributed by atoms with van der Waals surface area (Å²) in [5, 5.41) is 16.8. The van der Waals surface area contributed by atoms with Crippen molar-refractivity contribution in [3.63, 3.8) is 0 Å². The minimum Gasteiger partial charge on any atom is -0.338 e. The Kier molecular flexibility index (Phi) is 3.99. The van der Waals surface area contributed by atoms with Crippen LogP contribution >= 0.6 is 11.3 Å². The predicted octanol–water partition coefficient (Wildman–Crippen LogP) is 3.22. The van der Waals surface area contributed by atoms with Gasteiger partial charge in [-0.2, -0.15) is 16.3 Å². The van der Waals surface area contributed by atoms with Crippen LogP contribution in [0.2, 0.25) is 0 Å². The summed E-state index contributed by atoms with van der Waals surface area (Å²) >= 11 is 1.63. The number of aromatic nitrogens is 5. The van der Waals surface area contributed by atoms with E-state index in [2.05, 4.69) is 29.6 Å². The second-order valence-electron chi connectivity index (χ2n) is 6.56. The first-order valence-electron chi connectivity index (χ1n) is 8.74. The van der Waals surface area contributed by atoms with Crippen LogP contribution in [0.25, 0.3) is 17.0 Å². The van der Waals surface area contributed by atoms with E-state index in [4.69, 9.17) is 4.52 Å². The highest BCUT2D eigenvalue weighted by atomic mass is 32.1. The van der Waals surface area contributed by atoms with Crippen molar-refractivity contribution in [3.8, 4) is 11.4 Å². The second kappa shape index (κ2) is 6.62. The molecular weight excluding hydrogens is 348 g/mol. The minimum atomic E-state index is 0.438. The van der Waals surface area contributed by atoms with Crippen LogP contribution in [0.5, 0.6) is 0 Å². The Labute approximate surface area is 154 Å². The molecule has 26 heavy (non-hydrogen) atoms. The maximum atomic E-state index is 5.42. The quantitative estimate of drug-likeness (QED) is 0.552. The Morgan fingerprint density at radius 3 is 2.92 bits per heavy atom. The van der Waals surface area contributed by atoms with Crippen molar-refractivity contribution in [2.75, 3.05) is 13.1 Å². The molecular formula is C18H18N6OS. The van der Waals surface area contributed by atoms with Gasteiger partial charge in [0.1, 0.15) is 5.82 Å². The summed E-state index contributed by atoms with van der Waals surface area (Å²) in [6.45, 7) is 2.68. The molecule has 0 saturated carbocycles. The first-order valence-corrected chi connectivity index (χ1v) is 9.68. The second-order valence-corrected chi connectivity index (χ2v) is 7.34. The number of nitrogens with zero attached hydrogens (tertiary/aromatic N) is 6. The molecule has 5 rings (SSSR count). The molecule has 0 radical (unpaired) electrons. The number of fused-ring (bicyclic) bond motifs is 1. The molecule has 0 bridgehead atoms. The van der Waals surface area contributed by atoms with Gasteiger partial charge in [0.25, 0.3) is 0 Å². The summed E-state index contributed by atoms with van der Waals surface area (Å²) in [6, 6.07) is 8.01. The van der Waals surface area contributed by atoms with Gasteiger partial charge in [-0.25, -0.2) is 0 Å². The molecule has 0 N–H and O–H groups in total. The molecule has 0 amide bonds. The maximum absolute atomic E-state index is 5.42. The van der Waals surface area contributed by atoms with Gasteiger partial charge in [0.05, 0.1) is 6.54 Å². The van der Waals surface area contributed by atoms with Crippen LogP contribution < -0.4 is 0 Å². The molecule has 5 heterocycles. The number of thiophene rings is 1. The topological polar surface area (TPSA) is 72.3 Å². The van der Waals surface area contributed by atoms with Crippen molar-refractivity contribution in [2.24, 2.45) is 0 Å². The van der Waals surface area contributed by atoms with E-state index < -0.39 is 0 Å². The highest BCUT2D eigenvalue weighted by Crippen LogP contribution is 2.28. The average molecular weight is 366 g/mol. The Balaban J connectivity index is 1.23. The van der Waals surface area contributed by atoms with Crippen molar-refractivity contribution >= 4 is 17.0 Å². The fourth-order valence-corrected chi connectivity index (χ4v) is 4.14. The van der Waals surface area contributed by atoms with Gasteiger partial charge in [0, 0.05) is 23.1 Å².